The number of rotatable bonds is 3. The fourth-order valence-electron chi connectivity index (χ4n) is 3.55. The molecule has 0 bridgehead atoms. The summed E-state index contributed by atoms with van der Waals surface area (Å²) >= 11 is 3.56. The van der Waals surface area contributed by atoms with Gasteiger partial charge in [-0.25, -0.2) is 0 Å². The lowest BCUT2D eigenvalue weighted by Crippen LogP contribution is -2.17. The Kier molecular flexibility index (Phi) is 4.27. The van der Waals surface area contributed by atoms with Crippen LogP contribution >= 0.6 is 15.9 Å². The third-order valence-electron chi connectivity index (χ3n) is 4.88. The van der Waals surface area contributed by atoms with Crippen LogP contribution in [0, 0.1) is 5.92 Å². The first kappa shape index (κ1) is 14.9. The molecule has 1 heterocycles. The molecule has 114 valence electrons. The molecule has 4 heteroatoms. The second kappa shape index (κ2) is 6.01. The van der Waals surface area contributed by atoms with Crippen LogP contribution in [0.4, 0.5) is 0 Å². The van der Waals surface area contributed by atoms with Gasteiger partial charge in [0.15, 0.2) is 0 Å². The highest BCUT2D eigenvalue weighted by Crippen LogP contribution is 2.39. The number of halogens is 1. The summed E-state index contributed by atoms with van der Waals surface area (Å²) in [5.74, 6) is 1.99. The summed E-state index contributed by atoms with van der Waals surface area (Å²) in [6, 6.07) is 6.54. The standard InChI is InChI=1S/C17H22BrNO2/c1-19-15(12-5-3-11(10-20)4-6-12)8-13-7-14(18)17(21-2)9-16(13)19/h7-9,11-12,20H,3-6,10H2,1-2H3. The zero-order chi connectivity index (χ0) is 15.0. The molecular weight excluding hydrogens is 330 g/mol. The van der Waals surface area contributed by atoms with Gasteiger partial charge >= 0.3 is 0 Å². The van der Waals surface area contributed by atoms with E-state index in [1.54, 1.807) is 7.11 Å². The molecule has 0 amide bonds. The minimum Gasteiger partial charge on any atom is -0.495 e. The summed E-state index contributed by atoms with van der Waals surface area (Å²) in [5, 5.41) is 10.5. The number of aliphatic hydroxyl groups excluding tert-OH is 1. The van der Waals surface area contributed by atoms with Crippen LogP contribution in [0.25, 0.3) is 10.9 Å². The number of ether oxygens (including phenoxy) is 1. The molecule has 1 aromatic carbocycles. The highest BCUT2D eigenvalue weighted by Gasteiger charge is 2.24. The van der Waals surface area contributed by atoms with E-state index in [2.05, 4.69) is 45.7 Å². The van der Waals surface area contributed by atoms with Crippen molar-refractivity contribution in [2.24, 2.45) is 13.0 Å². The molecule has 1 saturated carbocycles. The van der Waals surface area contributed by atoms with Crippen molar-refractivity contribution < 1.29 is 9.84 Å². The van der Waals surface area contributed by atoms with Crippen molar-refractivity contribution >= 4 is 26.8 Å². The van der Waals surface area contributed by atoms with Crippen molar-refractivity contribution in [3.8, 4) is 5.75 Å². The number of aliphatic hydroxyl groups is 1. The fraction of sp³-hybridized carbons (Fsp3) is 0.529. The van der Waals surface area contributed by atoms with Crippen molar-refractivity contribution in [3.63, 3.8) is 0 Å². The van der Waals surface area contributed by atoms with E-state index in [0.29, 0.717) is 18.4 Å². The maximum atomic E-state index is 9.28. The van der Waals surface area contributed by atoms with Crippen molar-refractivity contribution in [1.29, 1.82) is 0 Å². The van der Waals surface area contributed by atoms with E-state index in [-0.39, 0.29) is 0 Å². The lowest BCUT2D eigenvalue weighted by molar-refractivity contribution is 0.181. The average molecular weight is 352 g/mol. The Morgan fingerprint density at radius 1 is 1.24 bits per heavy atom. The highest BCUT2D eigenvalue weighted by atomic mass is 79.9. The molecular formula is C17H22BrNO2. The van der Waals surface area contributed by atoms with Crippen LogP contribution in [0.2, 0.25) is 0 Å². The molecule has 0 atom stereocenters. The van der Waals surface area contributed by atoms with E-state index in [1.165, 1.54) is 29.4 Å². The summed E-state index contributed by atoms with van der Waals surface area (Å²) < 4.78 is 8.70. The van der Waals surface area contributed by atoms with Crippen LogP contribution in [-0.2, 0) is 7.05 Å². The number of hydrogen-bond acceptors (Lipinski definition) is 2. The minimum absolute atomic E-state index is 0.339. The first-order valence-corrected chi connectivity index (χ1v) is 8.37. The molecule has 0 aliphatic heterocycles. The predicted octanol–water partition coefficient (Wildman–Crippen LogP) is 4.22. The summed E-state index contributed by atoms with van der Waals surface area (Å²) in [5.41, 5.74) is 2.62. The van der Waals surface area contributed by atoms with Crippen molar-refractivity contribution in [1.82, 2.24) is 4.57 Å². The molecule has 3 nitrogen and oxygen atoms in total. The second-order valence-corrected chi connectivity index (χ2v) is 6.93. The van der Waals surface area contributed by atoms with Crippen LogP contribution < -0.4 is 4.74 Å². The van der Waals surface area contributed by atoms with Gasteiger partial charge in [-0.05, 0) is 65.6 Å². The van der Waals surface area contributed by atoms with Crippen LogP contribution in [0.15, 0.2) is 22.7 Å². The van der Waals surface area contributed by atoms with Gasteiger partial charge in [0, 0.05) is 30.8 Å². The van der Waals surface area contributed by atoms with Gasteiger partial charge in [-0.1, -0.05) is 0 Å². The lowest BCUT2D eigenvalue weighted by Gasteiger charge is -2.27. The summed E-state index contributed by atoms with van der Waals surface area (Å²) in [4.78, 5) is 0. The molecule has 0 spiro atoms. The van der Waals surface area contributed by atoms with Crippen molar-refractivity contribution in [3.05, 3.63) is 28.4 Å². The van der Waals surface area contributed by atoms with E-state index in [9.17, 15) is 5.11 Å². The lowest BCUT2D eigenvalue weighted by atomic mass is 9.81. The Hall–Kier alpha value is -1.00. The molecule has 1 fully saturated rings. The van der Waals surface area contributed by atoms with Crippen LogP contribution in [0.1, 0.15) is 37.3 Å². The normalized spacial score (nSPS) is 22.7. The predicted molar refractivity (Wildman–Crippen MR) is 89.0 cm³/mol. The van der Waals surface area contributed by atoms with Crippen LogP contribution in [0.5, 0.6) is 5.75 Å². The van der Waals surface area contributed by atoms with Gasteiger partial charge in [0.2, 0.25) is 0 Å². The Balaban J connectivity index is 1.95. The maximum absolute atomic E-state index is 9.28. The van der Waals surface area contributed by atoms with Gasteiger partial charge in [0.1, 0.15) is 5.75 Å². The third-order valence-corrected chi connectivity index (χ3v) is 5.50. The molecule has 0 unspecified atom stereocenters. The molecule has 2 aromatic rings. The maximum Gasteiger partial charge on any atom is 0.135 e. The monoisotopic (exact) mass is 351 g/mol. The molecule has 0 radical (unpaired) electrons. The zero-order valence-corrected chi connectivity index (χ0v) is 14.2. The second-order valence-electron chi connectivity index (χ2n) is 6.07. The van der Waals surface area contributed by atoms with Gasteiger partial charge in [-0.15, -0.1) is 0 Å². The third kappa shape index (κ3) is 2.71. The Labute approximate surface area is 134 Å². The van der Waals surface area contributed by atoms with Gasteiger partial charge in [-0.3, -0.25) is 0 Å². The largest absolute Gasteiger partial charge is 0.495 e. The molecule has 1 N–H and O–H groups in total. The highest BCUT2D eigenvalue weighted by molar-refractivity contribution is 9.10. The number of fused-ring (bicyclic) bond motifs is 1. The number of hydrogen-bond donors (Lipinski definition) is 1. The van der Waals surface area contributed by atoms with Gasteiger partial charge in [-0.2, -0.15) is 0 Å². The number of benzene rings is 1. The molecule has 3 rings (SSSR count). The van der Waals surface area contributed by atoms with E-state index in [1.807, 2.05) is 0 Å². The summed E-state index contributed by atoms with van der Waals surface area (Å²) in [6.45, 7) is 0.339. The topological polar surface area (TPSA) is 34.4 Å². The minimum atomic E-state index is 0.339. The fourth-order valence-corrected chi connectivity index (χ4v) is 4.07. The van der Waals surface area contributed by atoms with Gasteiger partial charge in [0.25, 0.3) is 0 Å². The smallest absolute Gasteiger partial charge is 0.135 e. The van der Waals surface area contributed by atoms with Gasteiger partial charge in [0.05, 0.1) is 17.1 Å². The molecule has 1 aliphatic carbocycles. The Morgan fingerprint density at radius 3 is 2.57 bits per heavy atom. The van der Waals surface area contributed by atoms with E-state index < -0.39 is 0 Å². The first-order chi connectivity index (χ1) is 10.1. The van der Waals surface area contributed by atoms with E-state index in [0.717, 1.165) is 23.1 Å². The van der Waals surface area contributed by atoms with Crippen LogP contribution in [0.3, 0.4) is 0 Å². The van der Waals surface area contributed by atoms with Crippen molar-refractivity contribution in [2.45, 2.75) is 31.6 Å². The first-order valence-electron chi connectivity index (χ1n) is 7.57. The molecule has 21 heavy (non-hydrogen) atoms. The Bertz CT molecular complexity index is 642. The zero-order valence-electron chi connectivity index (χ0n) is 12.6. The van der Waals surface area contributed by atoms with Gasteiger partial charge < -0.3 is 14.4 Å². The number of nitrogens with zero attached hydrogens (tertiary/aromatic N) is 1. The SMILES string of the molecule is COc1cc2c(cc1Br)cc(C1CCC(CO)CC1)n2C. The van der Waals surface area contributed by atoms with Crippen molar-refractivity contribution in [2.75, 3.05) is 13.7 Å². The summed E-state index contributed by atoms with van der Waals surface area (Å²) in [6.07, 6.45) is 4.62. The van der Waals surface area contributed by atoms with Crippen LogP contribution in [-0.4, -0.2) is 23.4 Å². The summed E-state index contributed by atoms with van der Waals surface area (Å²) in [7, 11) is 3.84. The number of aryl methyl sites for hydroxylation is 1. The van der Waals surface area contributed by atoms with E-state index in [4.69, 9.17) is 4.74 Å². The number of methoxy groups -OCH3 is 1. The van der Waals surface area contributed by atoms with E-state index >= 15 is 0 Å². The average Bonchev–Trinajstić information content (AvgIpc) is 2.82. The number of aromatic nitrogens is 1. The molecule has 1 aromatic heterocycles. The Morgan fingerprint density at radius 2 is 1.95 bits per heavy atom. The molecule has 0 saturated heterocycles. The quantitative estimate of drug-likeness (QED) is 0.898. The molecule has 1 aliphatic rings.